The Kier molecular flexibility index (Phi) is 4.47. The van der Waals surface area contributed by atoms with Gasteiger partial charge in [-0.15, -0.1) is 0 Å². The fourth-order valence-electron chi connectivity index (χ4n) is 2.08. The van der Waals surface area contributed by atoms with Crippen LogP contribution in [-0.4, -0.2) is 18.6 Å². The van der Waals surface area contributed by atoms with E-state index in [1.54, 1.807) is 0 Å². The van der Waals surface area contributed by atoms with Gasteiger partial charge in [-0.05, 0) is 23.6 Å². The Morgan fingerprint density at radius 2 is 2.26 bits per heavy atom. The molecule has 0 unspecified atom stereocenters. The molecule has 0 radical (unpaired) electrons. The van der Waals surface area contributed by atoms with Gasteiger partial charge in [0.15, 0.2) is 0 Å². The van der Waals surface area contributed by atoms with Gasteiger partial charge in [0.2, 0.25) is 5.91 Å². The van der Waals surface area contributed by atoms with Crippen molar-refractivity contribution in [2.45, 2.75) is 32.9 Å². The topological polar surface area (TPSA) is 64.4 Å². The van der Waals surface area contributed by atoms with Crippen molar-refractivity contribution < 1.29 is 9.53 Å². The van der Waals surface area contributed by atoms with Crippen LogP contribution in [0.3, 0.4) is 0 Å². The summed E-state index contributed by atoms with van der Waals surface area (Å²) in [6.45, 7) is 5.02. The van der Waals surface area contributed by atoms with Crippen LogP contribution in [-0.2, 0) is 17.8 Å². The number of carbonyl (C=O) groups excluding carboxylic acids is 1. The molecule has 1 aromatic carbocycles. The zero-order chi connectivity index (χ0) is 14.0. The number of fused-ring (bicyclic) bond motifs is 1. The van der Waals surface area contributed by atoms with Crippen LogP contribution in [0.4, 0.5) is 0 Å². The molecule has 104 valence electrons. The Morgan fingerprint density at radius 3 is 2.95 bits per heavy atom. The lowest BCUT2D eigenvalue weighted by Crippen LogP contribution is -2.43. The third-order valence-electron chi connectivity index (χ3n) is 3.30. The van der Waals surface area contributed by atoms with Gasteiger partial charge in [-0.1, -0.05) is 29.8 Å². The summed E-state index contributed by atoms with van der Waals surface area (Å²) in [4.78, 5) is 11.9. The number of nitrogens with two attached hydrogens (primary N) is 1. The molecule has 0 spiro atoms. The van der Waals surface area contributed by atoms with Gasteiger partial charge >= 0.3 is 0 Å². The smallest absolute Gasteiger partial charge is 0.237 e. The van der Waals surface area contributed by atoms with Crippen molar-refractivity contribution in [3.63, 3.8) is 0 Å². The van der Waals surface area contributed by atoms with Gasteiger partial charge in [0, 0.05) is 23.0 Å². The average molecular weight is 327 g/mol. The summed E-state index contributed by atoms with van der Waals surface area (Å²) in [5.41, 5.74) is 7.99. The molecule has 1 amide bonds. The third kappa shape index (κ3) is 3.28. The van der Waals surface area contributed by atoms with E-state index in [2.05, 4.69) is 27.3 Å². The second-order valence-corrected chi connectivity index (χ2v) is 6.05. The van der Waals surface area contributed by atoms with Gasteiger partial charge in [-0.25, -0.2) is 0 Å². The number of nitrogens with one attached hydrogen (secondary N) is 1. The highest BCUT2D eigenvalue weighted by molar-refractivity contribution is 9.10. The highest BCUT2D eigenvalue weighted by atomic mass is 79.9. The molecular formula is C14H19BrN2O2. The number of ether oxygens (including phenoxy) is 1. The maximum absolute atomic E-state index is 11.9. The Hall–Kier alpha value is -1.07. The minimum atomic E-state index is -0.471. The monoisotopic (exact) mass is 326 g/mol. The van der Waals surface area contributed by atoms with E-state index in [9.17, 15) is 4.79 Å². The van der Waals surface area contributed by atoms with E-state index >= 15 is 0 Å². The zero-order valence-corrected chi connectivity index (χ0v) is 12.8. The summed E-state index contributed by atoms with van der Waals surface area (Å²) >= 11 is 3.48. The average Bonchev–Trinajstić information content (AvgIpc) is 2.82. The molecule has 1 atom stereocenters. The Labute approximate surface area is 121 Å². The number of hydrogen-bond acceptors (Lipinski definition) is 3. The molecule has 1 aromatic rings. The van der Waals surface area contributed by atoms with Crippen molar-refractivity contribution in [1.82, 2.24) is 5.32 Å². The molecule has 0 aromatic heterocycles. The summed E-state index contributed by atoms with van der Waals surface area (Å²) in [6, 6.07) is 3.57. The first-order chi connectivity index (χ1) is 8.99. The predicted molar refractivity (Wildman–Crippen MR) is 78.0 cm³/mol. The van der Waals surface area contributed by atoms with Crippen LogP contribution >= 0.6 is 15.9 Å². The molecule has 5 heteroatoms. The number of hydrogen-bond donors (Lipinski definition) is 2. The van der Waals surface area contributed by atoms with Gasteiger partial charge in [0.1, 0.15) is 5.75 Å². The van der Waals surface area contributed by atoms with E-state index in [-0.39, 0.29) is 11.8 Å². The van der Waals surface area contributed by atoms with Crippen molar-refractivity contribution in [1.29, 1.82) is 0 Å². The van der Waals surface area contributed by atoms with Gasteiger partial charge in [0.05, 0.1) is 12.6 Å². The Bertz CT molecular complexity index is 489. The van der Waals surface area contributed by atoms with Crippen molar-refractivity contribution in [3.8, 4) is 5.75 Å². The Morgan fingerprint density at radius 1 is 1.53 bits per heavy atom. The molecule has 0 saturated carbocycles. The summed E-state index contributed by atoms with van der Waals surface area (Å²) in [5, 5.41) is 2.87. The highest BCUT2D eigenvalue weighted by Gasteiger charge is 2.20. The molecule has 1 aliphatic heterocycles. The molecule has 1 heterocycles. The second-order valence-electron chi connectivity index (χ2n) is 5.14. The van der Waals surface area contributed by atoms with Crippen LogP contribution in [0.1, 0.15) is 25.0 Å². The molecule has 0 bridgehead atoms. The quantitative estimate of drug-likeness (QED) is 0.889. The SMILES string of the molecule is CC(C)[C@H](N)C(=O)NCc1cc(Br)cc2c1OCC2. The summed E-state index contributed by atoms with van der Waals surface area (Å²) < 4.78 is 6.63. The predicted octanol–water partition coefficient (Wildman–Crippen LogP) is 1.98. The molecular weight excluding hydrogens is 308 g/mol. The number of benzene rings is 1. The van der Waals surface area contributed by atoms with Crippen molar-refractivity contribution in [2.75, 3.05) is 6.61 Å². The van der Waals surface area contributed by atoms with Gasteiger partial charge in [-0.3, -0.25) is 4.79 Å². The number of halogens is 1. The summed E-state index contributed by atoms with van der Waals surface area (Å²) in [5.74, 6) is 0.910. The fourth-order valence-corrected chi connectivity index (χ4v) is 2.63. The van der Waals surface area contributed by atoms with E-state index in [0.29, 0.717) is 13.2 Å². The minimum Gasteiger partial charge on any atom is -0.493 e. The van der Waals surface area contributed by atoms with E-state index in [1.165, 1.54) is 5.56 Å². The Balaban J connectivity index is 2.06. The zero-order valence-electron chi connectivity index (χ0n) is 11.2. The van der Waals surface area contributed by atoms with Crippen molar-refractivity contribution >= 4 is 21.8 Å². The number of amides is 1. The molecule has 0 fully saturated rings. The van der Waals surface area contributed by atoms with Gasteiger partial charge in [-0.2, -0.15) is 0 Å². The van der Waals surface area contributed by atoms with Crippen LogP contribution in [0, 0.1) is 5.92 Å². The van der Waals surface area contributed by atoms with Crippen LogP contribution in [0.15, 0.2) is 16.6 Å². The fraction of sp³-hybridized carbons (Fsp3) is 0.500. The summed E-state index contributed by atoms with van der Waals surface area (Å²) in [6.07, 6.45) is 0.918. The van der Waals surface area contributed by atoms with Crippen LogP contribution < -0.4 is 15.8 Å². The highest BCUT2D eigenvalue weighted by Crippen LogP contribution is 2.32. The minimum absolute atomic E-state index is 0.123. The first kappa shape index (κ1) is 14.3. The van der Waals surface area contributed by atoms with E-state index in [1.807, 2.05) is 19.9 Å². The molecule has 1 aliphatic rings. The lowest BCUT2D eigenvalue weighted by molar-refractivity contribution is -0.123. The molecule has 0 aliphatic carbocycles. The van der Waals surface area contributed by atoms with E-state index in [4.69, 9.17) is 10.5 Å². The third-order valence-corrected chi connectivity index (χ3v) is 3.76. The standard InChI is InChI=1S/C14H19BrN2O2/c1-8(2)12(16)14(18)17-7-10-6-11(15)5-9-3-4-19-13(9)10/h5-6,8,12H,3-4,7,16H2,1-2H3,(H,17,18)/t12-/m0/s1. The molecule has 19 heavy (non-hydrogen) atoms. The van der Waals surface area contributed by atoms with Crippen LogP contribution in [0.5, 0.6) is 5.75 Å². The number of rotatable bonds is 4. The maximum Gasteiger partial charge on any atom is 0.237 e. The molecule has 2 rings (SSSR count). The lowest BCUT2D eigenvalue weighted by Gasteiger charge is -2.16. The maximum atomic E-state index is 11.9. The van der Waals surface area contributed by atoms with E-state index < -0.39 is 6.04 Å². The first-order valence-electron chi connectivity index (χ1n) is 6.46. The lowest BCUT2D eigenvalue weighted by atomic mass is 10.0. The van der Waals surface area contributed by atoms with Crippen LogP contribution in [0.25, 0.3) is 0 Å². The van der Waals surface area contributed by atoms with Gasteiger partial charge in [0.25, 0.3) is 0 Å². The molecule has 3 N–H and O–H groups in total. The molecule has 4 nitrogen and oxygen atoms in total. The first-order valence-corrected chi connectivity index (χ1v) is 7.25. The molecule has 0 saturated heterocycles. The van der Waals surface area contributed by atoms with Crippen molar-refractivity contribution in [3.05, 3.63) is 27.7 Å². The van der Waals surface area contributed by atoms with Crippen molar-refractivity contribution in [2.24, 2.45) is 11.7 Å². The normalized spacial score (nSPS) is 15.0. The number of carbonyl (C=O) groups is 1. The summed E-state index contributed by atoms with van der Waals surface area (Å²) in [7, 11) is 0. The largest absolute Gasteiger partial charge is 0.493 e. The van der Waals surface area contributed by atoms with Gasteiger partial charge < -0.3 is 15.8 Å². The van der Waals surface area contributed by atoms with Crippen LogP contribution in [0.2, 0.25) is 0 Å². The second kappa shape index (κ2) is 5.92. The van der Waals surface area contributed by atoms with E-state index in [0.717, 1.165) is 22.2 Å².